The molecule has 1 aliphatic heterocycles. The summed E-state index contributed by atoms with van der Waals surface area (Å²) in [6.07, 6.45) is 2.83. The molecule has 1 heterocycles. The molecule has 0 aliphatic carbocycles. The summed E-state index contributed by atoms with van der Waals surface area (Å²) in [5, 5.41) is 2.64. The number of amides is 1. The van der Waals surface area contributed by atoms with Crippen molar-refractivity contribution in [1.82, 2.24) is 0 Å². The molecule has 2 aromatic rings. The van der Waals surface area contributed by atoms with E-state index < -0.39 is 11.9 Å². The van der Waals surface area contributed by atoms with Crippen LogP contribution in [0.25, 0.3) is 6.08 Å². The SMILES string of the molecule is CCOc1ccc(NC(=O)COC(=O)/C=C/c2ccc3c(c2)OCO3)cc1. The number of benzene rings is 2. The van der Waals surface area contributed by atoms with Gasteiger partial charge < -0.3 is 24.3 Å². The van der Waals surface area contributed by atoms with Crippen molar-refractivity contribution < 1.29 is 28.5 Å². The van der Waals surface area contributed by atoms with Gasteiger partial charge in [-0.3, -0.25) is 4.79 Å². The van der Waals surface area contributed by atoms with Gasteiger partial charge in [0.25, 0.3) is 5.91 Å². The zero-order chi connectivity index (χ0) is 19.1. The summed E-state index contributed by atoms with van der Waals surface area (Å²) < 4.78 is 20.8. The van der Waals surface area contributed by atoms with Gasteiger partial charge in [0, 0.05) is 11.8 Å². The maximum absolute atomic E-state index is 11.9. The second kappa shape index (κ2) is 8.75. The molecule has 140 valence electrons. The van der Waals surface area contributed by atoms with E-state index in [2.05, 4.69) is 5.32 Å². The van der Waals surface area contributed by atoms with Crippen molar-refractivity contribution in [2.75, 3.05) is 25.3 Å². The van der Waals surface area contributed by atoms with Crippen molar-refractivity contribution in [3.63, 3.8) is 0 Å². The molecule has 0 saturated carbocycles. The van der Waals surface area contributed by atoms with Gasteiger partial charge in [-0.1, -0.05) is 6.07 Å². The Kier molecular flexibility index (Phi) is 5.94. The molecule has 1 amide bonds. The normalized spacial score (nSPS) is 12.0. The molecule has 2 aromatic carbocycles. The quantitative estimate of drug-likeness (QED) is 0.597. The first-order valence-corrected chi connectivity index (χ1v) is 8.41. The summed E-state index contributed by atoms with van der Waals surface area (Å²) in [7, 11) is 0. The molecule has 0 bridgehead atoms. The zero-order valence-corrected chi connectivity index (χ0v) is 14.8. The van der Waals surface area contributed by atoms with Crippen molar-refractivity contribution in [1.29, 1.82) is 0 Å². The van der Waals surface area contributed by atoms with Crippen molar-refractivity contribution in [2.24, 2.45) is 0 Å². The molecule has 0 fully saturated rings. The molecule has 1 N–H and O–H groups in total. The summed E-state index contributed by atoms with van der Waals surface area (Å²) in [6.45, 7) is 2.28. The van der Waals surface area contributed by atoms with Crippen LogP contribution in [0.2, 0.25) is 0 Å². The van der Waals surface area contributed by atoms with Crippen LogP contribution >= 0.6 is 0 Å². The predicted molar refractivity (Wildman–Crippen MR) is 98.8 cm³/mol. The van der Waals surface area contributed by atoms with Gasteiger partial charge in [0.2, 0.25) is 6.79 Å². The van der Waals surface area contributed by atoms with Gasteiger partial charge in [-0.15, -0.1) is 0 Å². The van der Waals surface area contributed by atoms with Crippen molar-refractivity contribution >= 4 is 23.6 Å². The van der Waals surface area contributed by atoms with Crippen LogP contribution in [0.15, 0.2) is 48.5 Å². The van der Waals surface area contributed by atoms with Gasteiger partial charge in [-0.2, -0.15) is 0 Å². The Morgan fingerprint density at radius 2 is 1.89 bits per heavy atom. The lowest BCUT2D eigenvalue weighted by Gasteiger charge is -2.07. The fraction of sp³-hybridized carbons (Fsp3) is 0.200. The Morgan fingerprint density at radius 3 is 2.67 bits per heavy atom. The number of carbonyl (C=O) groups is 2. The second-order valence-electron chi connectivity index (χ2n) is 5.56. The highest BCUT2D eigenvalue weighted by molar-refractivity contribution is 5.94. The van der Waals surface area contributed by atoms with Crippen LogP contribution in [-0.4, -0.2) is 31.9 Å². The minimum Gasteiger partial charge on any atom is -0.494 e. The smallest absolute Gasteiger partial charge is 0.331 e. The third-order valence-corrected chi connectivity index (χ3v) is 3.60. The van der Waals surface area contributed by atoms with Crippen molar-refractivity contribution in [3.05, 3.63) is 54.1 Å². The minimum atomic E-state index is -0.616. The van der Waals surface area contributed by atoms with Crippen LogP contribution in [0, 0.1) is 0 Å². The van der Waals surface area contributed by atoms with Crippen LogP contribution < -0.4 is 19.5 Å². The molecule has 27 heavy (non-hydrogen) atoms. The molecule has 0 atom stereocenters. The Bertz CT molecular complexity index is 844. The van der Waals surface area contributed by atoms with Gasteiger partial charge in [0.1, 0.15) is 5.75 Å². The largest absolute Gasteiger partial charge is 0.494 e. The molecule has 0 saturated heterocycles. The highest BCUT2D eigenvalue weighted by Crippen LogP contribution is 2.32. The minimum absolute atomic E-state index is 0.189. The predicted octanol–water partition coefficient (Wildman–Crippen LogP) is 3.01. The van der Waals surface area contributed by atoms with Gasteiger partial charge in [0.15, 0.2) is 18.1 Å². The number of anilines is 1. The maximum atomic E-state index is 11.9. The average molecular weight is 369 g/mol. The molecular weight excluding hydrogens is 350 g/mol. The summed E-state index contributed by atoms with van der Waals surface area (Å²) in [6, 6.07) is 12.2. The Morgan fingerprint density at radius 1 is 1.11 bits per heavy atom. The molecule has 0 radical (unpaired) electrons. The summed E-state index contributed by atoms with van der Waals surface area (Å²) in [4.78, 5) is 23.6. The van der Waals surface area contributed by atoms with Crippen LogP contribution in [-0.2, 0) is 14.3 Å². The number of rotatable bonds is 7. The molecule has 0 aromatic heterocycles. The van der Waals surface area contributed by atoms with Gasteiger partial charge in [0.05, 0.1) is 6.61 Å². The monoisotopic (exact) mass is 369 g/mol. The van der Waals surface area contributed by atoms with E-state index in [0.29, 0.717) is 23.8 Å². The van der Waals surface area contributed by atoms with E-state index in [-0.39, 0.29) is 13.4 Å². The molecule has 0 unspecified atom stereocenters. The lowest BCUT2D eigenvalue weighted by molar-refractivity contribution is -0.142. The topological polar surface area (TPSA) is 83.1 Å². The second-order valence-corrected chi connectivity index (χ2v) is 5.56. The Balaban J connectivity index is 1.45. The Labute approximate surface area is 156 Å². The number of hydrogen-bond acceptors (Lipinski definition) is 6. The number of hydrogen-bond donors (Lipinski definition) is 1. The number of ether oxygens (including phenoxy) is 4. The van der Waals surface area contributed by atoms with E-state index in [1.54, 1.807) is 48.5 Å². The molecule has 3 rings (SSSR count). The van der Waals surface area contributed by atoms with E-state index in [4.69, 9.17) is 18.9 Å². The lowest BCUT2D eigenvalue weighted by atomic mass is 10.2. The van der Waals surface area contributed by atoms with Crippen LogP contribution in [0.4, 0.5) is 5.69 Å². The van der Waals surface area contributed by atoms with E-state index in [0.717, 1.165) is 11.3 Å². The number of nitrogens with one attached hydrogen (secondary N) is 1. The van der Waals surface area contributed by atoms with E-state index in [1.807, 2.05) is 6.92 Å². The van der Waals surface area contributed by atoms with E-state index in [1.165, 1.54) is 6.08 Å². The van der Waals surface area contributed by atoms with E-state index >= 15 is 0 Å². The standard InChI is InChI=1S/C20H19NO6/c1-2-24-16-7-5-15(6-8-16)21-19(22)12-25-20(23)10-4-14-3-9-17-18(11-14)27-13-26-17/h3-11H,2,12-13H2,1H3,(H,21,22)/b10-4+. The first kappa shape index (κ1) is 18.3. The third-order valence-electron chi connectivity index (χ3n) is 3.60. The molecule has 7 nitrogen and oxygen atoms in total. The average Bonchev–Trinajstić information content (AvgIpc) is 3.14. The molecule has 1 aliphatic rings. The Hall–Kier alpha value is -3.48. The maximum Gasteiger partial charge on any atom is 0.331 e. The van der Waals surface area contributed by atoms with Gasteiger partial charge >= 0.3 is 5.97 Å². The highest BCUT2D eigenvalue weighted by Gasteiger charge is 2.12. The summed E-state index contributed by atoms with van der Waals surface area (Å²) >= 11 is 0. The molecule has 7 heteroatoms. The van der Waals surface area contributed by atoms with Crippen LogP contribution in [0.1, 0.15) is 12.5 Å². The third kappa shape index (κ3) is 5.24. The number of carbonyl (C=O) groups excluding carboxylic acids is 2. The van der Waals surface area contributed by atoms with Crippen LogP contribution in [0.5, 0.6) is 17.2 Å². The summed E-state index contributed by atoms with van der Waals surface area (Å²) in [5.41, 5.74) is 1.35. The highest BCUT2D eigenvalue weighted by atomic mass is 16.7. The van der Waals surface area contributed by atoms with E-state index in [9.17, 15) is 9.59 Å². The molecule has 0 spiro atoms. The zero-order valence-electron chi connectivity index (χ0n) is 14.8. The van der Waals surface area contributed by atoms with Gasteiger partial charge in [-0.05, 0) is 55.0 Å². The number of fused-ring (bicyclic) bond motifs is 1. The lowest BCUT2D eigenvalue weighted by Crippen LogP contribution is -2.20. The van der Waals surface area contributed by atoms with Crippen molar-refractivity contribution in [3.8, 4) is 17.2 Å². The fourth-order valence-corrected chi connectivity index (χ4v) is 2.36. The first-order chi connectivity index (χ1) is 13.1. The molecular formula is C20H19NO6. The first-order valence-electron chi connectivity index (χ1n) is 8.41. The van der Waals surface area contributed by atoms with Crippen molar-refractivity contribution in [2.45, 2.75) is 6.92 Å². The number of esters is 1. The fourth-order valence-electron chi connectivity index (χ4n) is 2.36. The van der Waals surface area contributed by atoms with Crippen LogP contribution in [0.3, 0.4) is 0 Å². The van der Waals surface area contributed by atoms with Gasteiger partial charge in [-0.25, -0.2) is 4.79 Å². The summed E-state index contributed by atoms with van der Waals surface area (Å²) in [5.74, 6) is 0.968.